The highest BCUT2D eigenvalue weighted by Crippen LogP contribution is 2.10. The second kappa shape index (κ2) is 15.6. The van der Waals surface area contributed by atoms with E-state index >= 15 is 0 Å². The molecule has 0 fully saturated rings. The summed E-state index contributed by atoms with van der Waals surface area (Å²) in [5.41, 5.74) is 0.839. The van der Waals surface area contributed by atoms with Crippen molar-refractivity contribution >= 4 is 11.7 Å². The van der Waals surface area contributed by atoms with Gasteiger partial charge < -0.3 is 10.6 Å². The molecule has 0 aromatic carbocycles. The van der Waals surface area contributed by atoms with Crippen molar-refractivity contribution in [3.05, 3.63) is 11.8 Å². The van der Waals surface area contributed by atoms with Gasteiger partial charge in [-0.1, -0.05) is 58.3 Å². The van der Waals surface area contributed by atoms with E-state index in [0.29, 0.717) is 19.5 Å². The Morgan fingerprint density at radius 2 is 1.30 bits per heavy atom. The van der Waals surface area contributed by atoms with Crippen LogP contribution in [-0.2, 0) is 9.59 Å². The summed E-state index contributed by atoms with van der Waals surface area (Å²) in [6.07, 6.45) is 13.6. The maximum absolute atomic E-state index is 11.7. The molecule has 0 atom stereocenters. The third-order valence-electron chi connectivity index (χ3n) is 3.78. The fraction of sp³-hybridized carbons (Fsp3) is 0.789. The van der Waals surface area contributed by atoms with Crippen molar-refractivity contribution in [2.75, 3.05) is 13.1 Å². The lowest BCUT2D eigenvalue weighted by Gasteiger charge is -2.08. The molecule has 1 amide bonds. The molecule has 0 aliphatic heterocycles. The van der Waals surface area contributed by atoms with E-state index in [4.69, 9.17) is 0 Å². The van der Waals surface area contributed by atoms with E-state index in [2.05, 4.69) is 17.6 Å². The summed E-state index contributed by atoms with van der Waals surface area (Å²) in [5, 5.41) is 6.00. The summed E-state index contributed by atoms with van der Waals surface area (Å²) in [4.78, 5) is 22.5. The van der Waals surface area contributed by atoms with Gasteiger partial charge in [0.25, 0.3) is 0 Å². The van der Waals surface area contributed by atoms with Gasteiger partial charge in [-0.2, -0.15) is 0 Å². The number of carbonyl (C=O) groups excluding carboxylic acids is 2. The second-order valence-corrected chi connectivity index (χ2v) is 6.29. The highest BCUT2D eigenvalue weighted by atomic mass is 16.1. The van der Waals surface area contributed by atoms with Gasteiger partial charge in [0.05, 0.1) is 0 Å². The normalized spacial score (nSPS) is 11.3. The molecular weight excluding hydrogens is 288 g/mol. The molecule has 0 rings (SSSR count). The first-order chi connectivity index (χ1) is 11.1. The van der Waals surface area contributed by atoms with Gasteiger partial charge in [-0.15, -0.1) is 0 Å². The topological polar surface area (TPSA) is 58.2 Å². The maximum atomic E-state index is 11.7. The smallest absolute Gasteiger partial charge is 0.220 e. The summed E-state index contributed by atoms with van der Waals surface area (Å²) in [5.74, 6) is 0.160. The minimum absolute atomic E-state index is 0.0319. The van der Waals surface area contributed by atoms with Crippen molar-refractivity contribution in [2.45, 2.75) is 85.0 Å². The van der Waals surface area contributed by atoms with Crippen LogP contribution in [0.3, 0.4) is 0 Å². The van der Waals surface area contributed by atoms with Crippen LogP contribution in [0.5, 0.6) is 0 Å². The number of ketones is 1. The van der Waals surface area contributed by atoms with Crippen molar-refractivity contribution in [1.82, 2.24) is 10.6 Å². The highest BCUT2D eigenvalue weighted by molar-refractivity contribution is 5.87. The monoisotopic (exact) mass is 324 g/mol. The molecule has 23 heavy (non-hydrogen) atoms. The van der Waals surface area contributed by atoms with Gasteiger partial charge in [0.1, 0.15) is 0 Å². The number of nitrogens with one attached hydrogen (secondary N) is 2. The van der Waals surface area contributed by atoms with E-state index in [0.717, 1.165) is 18.5 Å². The van der Waals surface area contributed by atoms with E-state index in [1.807, 2.05) is 6.92 Å². The lowest BCUT2D eigenvalue weighted by Crippen LogP contribution is -2.31. The Bertz CT molecular complexity index is 351. The Kier molecular flexibility index (Phi) is 14.7. The number of allylic oxidation sites excluding steroid dienone is 2. The van der Waals surface area contributed by atoms with Gasteiger partial charge in [0.2, 0.25) is 5.91 Å². The minimum Gasteiger partial charge on any atom is -0.387 e. The van der Waals surface area contributed by atoms with Crippen LogP contribution < -0.4 is 10.6 Å². The number of rotatable bonds is 15. The van der Waals surface area contributed by atoms with Crippen LogP contribution in [0.15, 0.2) is 11.8 Å². The van der Waals surface area contributed by atoms with Crippen LogP contribution in [0.2, 0.25) is 0 Å². The van der Waals surface area contributed by atoms with Gasteiger partial charge in [0, 0.05) is 25.2 Å². The number of carbonyl (C=O) groups is 2. The molecule has 0 unspecified atom stereocenters. The largest absolute Gasteiger partial charge is 0.387 e. The van der Waals surface area contributed by atoms with Crippen molar-refractivity contribution in [3.63, 3.8) is 0 Å². The molecule has 0 saturated heterocycles. The van der Waals surface area contributed by atoms with Crippen molar-refractivity contribution in [1.29, 1.82) is 0 Å². The lowest BCUT2D eigenvalue weighted by atomic mass is 10.1. The van der Waals surface area contributed by atoms with E-state index in [-0.39, 0.29) is 11.7 Å². The Balaban J connectivity index is 3.36. The summed E-state index contributed by atoms with van der Waals surface area (Å²) < 4.78 is 0. The molecule has 0 saturated carbocycles. The van der Waals surface area contributed by atoms with Crippen LogP contribution in [0.1, 0.15) is 85.0 Å². The van der Waals surface area contributed by atoms with Crippen LogP contribution >= 0.6 is 0 Å². The summed E-state index contributed by atoms with van der Waals surface area (Å²) in [7, 11) is 0. The van der Waals surface area contributed by atoms with Crippen molar-refractivity contribution in [2.24, 2.45) is 0 Å². The Hall–Kier alpha value is -1.32. The molecule has 0 bridgehead atoms. The highest BCUT2D eigenvalue weighted by Gasteiger charge is 2.00. The quantitative estimate of drug-likeness (QED) is 0.352. The fourth-order valence-electron chi connectivity index (χ4n) is 2.50. The minimum atomic E-state index is 0.0319. The number of hydrogen-bond acceptors (Lipinski definition) is 3. The third kappa shape index (κ3) is 16.9. The van der Waals surface area contributed by atoms with Crippen molar-refractivity contribution < 1.29 is 9.59 Å². The summed E-state index contributed by atoms with van der Waals surface area (Å²) in [6, 6.07) is 0. The predicted octanol–water partition coefficient (Wildman–Crippen LogP) is 4.11. The zero-order valence-corrected chi connectivity index (χ0v) is 15.4. The molecular formula is C19H36N2O2. The Morgan fingerprint density at radius 1 is 0.783 bits per heavy atom. The number of hydrogen-bond donors (Lipinski definition) is 2. The molecule has 0 spiro atoms. The molecule has 0 aliphatic carbocycles. The Morgan fingerprint density at radius 3 is 1.87 bits per heavy atom. The van der Waals surface area contributed by atoms with Crippen LogP contribution in [0, 0.1) is 0 Å². The third-order valence-corrected chi connectivity index (χ3v) is 3.78. The first-order valence-corrected chi connectivity index (χ1v) is 9.25. The van der Waals surface area contributed by atoms with E-state index in [9.17, 15) is 9.59 Å². The number of amides is 1. The van der Waals surface area contributed by atoms with Gasteiger partial charge in [-0.05, 0) is 26.3 Å². The fourth-order valence-corrected chi connectivity index (χ4v) is 2.50. The van der Waals surface area contributed by atoms with Gasteiger partial charge >= 0.3 is 0 Å². The zero-order valence-electron chi connectivity index (χ0n) is 15.4. The Labute approximate surface area is 142 Å². The molecule has 4 heteroatoms. The average Bonchev–Trinajstić information content (AvgIpc) is 2.49. The van der Waals surface area contributed by atoms with E-state index in [1.54, 1.807) is 6.08 Å². The molecule has 0 aromatic heterocycles. The molecule has 4 nitrogen and oxygen atoms in total. The van der Waals surface area contributed by atoms with Crippen LogP contribution in [0.4, 0.5) is 0 Å². The molecule has 0 radical (unpaired) electrons. The van der Waals surface area contributed by atoms with Gasteiger partial charge in [-0.3, -0.25) is 9.59 Å². The first-order valence-electron chi connectivity index (χ1n) is 9.25. The van der Waals surface area contributed by atoms with E-state index < -0.39 is 0 Å². The maximum Gasteiger partial charge on any atom is 0.220 e. The predicted molar refractivity (Wildman–Crippen MR) is 97.3 cm³/mol. The number of unbranched alkanes of at least 4 members (excludes halogenated alkanes) is 8. The summed E-state index contributed by atoms with van der Waals surface area (Å²) in [6.45, 7) is 6.87. The average molecular weight is 325 g/mol. The van der Waals surface area contributed by atoms with E-state index in [1.165, 1.54) is 51.9 Å². The standard InChI is InChI=1S/C19H36N2O2/c1-4-5-6-7-8-9-10-11-12-13-19(23)21-15-14-20-17(2)16-18(3)22/h16,20H,4-15H2,1-3H3,(H,21,23). The molecule has 0 heterocycles. The lowest BCUT2D eigenvalue weighted by molar-refractivity contribution is -0.121. The molecule has 0 aliphatic rings. The zero-order chi connectivity index (χ0) is 17.3. The van der Waals surface area contributed by atoms with Crippen LogP contribution in [0.25, 0.3) is 0 Å². The van der Waals surface area contributed by atoms with Crippen molar-refractivity contribution in [3.8, 4) is 0 Å². The second-order valence-electron chi connectivity index (χ2n) is 6.29. The summed E-state index contributed by atoms with van der Waals surface area (Å²) >= 11 is 0. The first kappa shape index (κ1) is 21.7. The van der Waals surface area contributed by atoms with Gasteiger partial charge in [0.15, 0.2) is 5.78 Å². The molecule has 2 N–H and O–H groups in total. The molecule has 0 aromatic rings. The van der Waals surface area contributed by atoms with Crippen LogP contribution in [-0.4, -0.2) is 24.8 Å². The molecule has 134 valence electrons. The SMILES string of the molecule is CCCCCCCCCCCC(=O)NCCNC(C)=CC(C)=O. The van der Waals surface area contributed by atoms with Gasteiger partial charge in [-0.25, -0.2) is 0 Å².